The number of methoxy groups -OCH3 is 1. The Kier molecular flexibility index (Phi) is 3.38. The average Bonchev–Trinajstić information content (AvgIpc) is 2.75. The number of ether oxygens (including phenoxy) is 2. The number of likely N-dealkylation sites (N-methyl/N-ethyl adjacent to an activating group) is 1. The molecule has 2 unspecified atom stereocenters. The molecular weight excluding hydrogens is 218 g/mol. The van der Waals surface area contributed by atoms with Crippen LogP contribution in [0.5, 0.6) is 5.88 Å². The van der Waals surface area contributed by atoms with Gasteiger partial charge in [0.25, 0.3) is 0 Å². The third-order valence-corrected chi connectivity index (χ3v) is 3.26. The summed E-state index contributed by atoms with van der Waals surface area (Å²) in [6, 6.07) is 3.90. The van der Waals surface area contributed by atoms with Crippen molar-refractivity contribution in [3.8, 4) is 5.88 Å². The van der Waals surface area contributed by atoms with Crippen molar-refractivity contribution in [1.82, 2.24) is 4.98 Å². The molecular formula is C12H19N3O2. The van der Waals surface area contributed by atoms with Gasteiger partial charge in [-0.15, -0.1) is 0 Å². The smallest absolute Gasteiger partial charge is 0.215 e. The summed E-state index contributed by atoms with van der Waals surface area (Å²) in [6.07, 6.45) is 1.20. The maximum atomic E-state index is 5.96. The van der Waals surface area contributed by atoms with Crippen LogP contribution in [0.4, 0.5) is 11.5 Å². The third kappa shape index (κ3) is 2.29. The van der Waals surface area contributed by atoms with Crippen molar-refractivity contribution in [1.29, 1.82) is 0 Å². The van der Waals surface area contributed by atoms with E-state index in [0.717, 1.165) is 18.8 Å². The summed E-state index contributed by atoms with van der Waals surface area (Å²) in [5, 5.41) is 0. The summed E-state index contributed by atoms with van der Waals surface area (Å²) in [7, 11) is 3.59. The van der Waals surface area contributed by atoms with E-state index >= 15 is 0 Å². The van der Waals surface area contributed by atoms with Gasteiger partial charge in [0.15, 0.2) is 5.82 Å². The number of aromatic nitrogens is 1. The van der Waals surface area contributed by atoms with Gasteiger partial charge in [-0.1, -0.05) is 0 Å². The molecule has 1 aliphatic rings. The van der Waals surface area contributed by atoms with Crippen LogP contribution in [-0.4, -0.2) is 37.9 Å². The van der Waals surface area contributed by atoms with E-state index < -0.39 is 0 Å². The van der Waals surface area contributed by atoms with Gasteiger partial charge in [0.1, 0.15) is 0 Å². The summed E-state index contributed by atoms with van der Waals surface area (Å²) < 4.78 is 10.7. The van der Waals surface area contributed by atoms with E-state index in [0.29, 0.717) is 17.6 Å². The quantitative estimate of drug-likeness (QED) is 0.858. The Morgan fingerprint density at radius 3 is 2.88 bits per heavy atom. The maximum absolute atomic E-state index is 5.96. The number of rotatable bonds is 3. The predicted octanol–water partition coefficient (Wildman–Crippen LogP) is 1.29. The van der Waals surface area contributed by atoms with E-state index in [9.17, 15) is 0 Å². The Bertz CT molecular complexity index is 397. The van der Waals surface area contributed by atoms with Crippen molar-refractivity contribution >= 4 is 11.5 Å². The molecule has 0 radical (unpaired) electrons. The van der Waals surface area contributed by atoms with Gasteiger partial charge >= 0.3 is 0 Å². The largest absolute Gasteiger partial charge is 0.481 e. The maximum Gasteiger partial charge on any atom is 0.215 e. The monoisotopic (exact) mass is 237 g/mol. The lowest BCUT2D eigenvalue weighted by atomic mass is 10.1. The molecule has 0 aliphatic carbocycles. The summed E-state index contributed by atoms with van der Waals surface area (Å²) >= 11 is 0. The van der Waals surface area contributed by atoms with Crippen LogP contribution in [0.1, 0.15) is 13.3 Å². The zero-order valence-electron chi connectivity index (χ0n) is 10.5. The second kappa shape index (κ2) is 4.79. The van der Waals surface area contributed by atoms with Gasteiger partial charge in [0.05, 0.1) is 24.9 Å². The molecule has 17 heavy (non-hydrogen) atoms. The second-order valence-electron chi connectivity index (χ2n) is 4.31. The summed E-state index contributed by atoms with van der Waals surface area (Å²) in [4.78, 5) is 6.47. The Morgan fingerprint density at radius 1 is 1.53 bits per heavy atom. The van der Waals surface area contributed by atoms with Crippen LogP contribution in [0.2, 0.25) is 0 Å². The zero-order chi connectivity index (χ0) is 12.4. The molecule has 94 valence electrons. The van der Waals surface area contributed by atoms with E-state index in [-0.39, 0.29) is 6.10 Å². The number of nitrogens with two attached hydrogens (primary N) is 1. The molecule has 1 aromatic rings. The molecule has 2 atom stereocenters. The molecule has 5 heteroatoms. The summed E-state index contributed by atoms with van der Waals surface area (Å²) in [5.41, 5.74) is 6.62. The molecule has 2 rings (SSSR count). The predicted molar refractivity (Wildman–Crippen MR) is 67.4 cm³/mol. The number of hydrogen-bond acceptors (Lipinski definition) is 5. The van der Waals surface area contributed by atoms with Crippen LogP contribution in [0.15, 0.2) is 12.1 Å². The first-order valence-electron chi connectivity index (χ1n) is 5.78. The minimum atomic E-state index is 0.201. The Balaban J connectivity index is 2.26. The summed E-state index contributed by atoms with van der Waals surface area (Å²) in [5.74, 6) is 1.33. The third-order valence-electron chi connectivity index (χ3n) is 3.26. The van der Waals surface area contributed by atoms with Crippen molar-refractivity contribution in [2.24, 2.45) is 0 Å². The topological polar surface area (TPSA) is 60.6 Å². The molecule has 1 fully saturated rings. The standard InChI is InChI=1S/C12H19N3O2/c1-8-10(6-7-17-8)15(2)12-9(13)4-5-11(14-12)16-3/h4-5,8,10H,6-7,13H2,1-3H3. The lowest BCUT2D eigenvalue weighted by Crippen LogP contribution is -2.37. The van der Waals surface area contributed by atoms with Crippen LogP contribution in [0, 0.1) is 0 Å². The van der Waals surface area contributed by atoms with Crippen molar-refractivity contribution in [2.45, 2.75) is 25.5 Å². The van der Waals surface area contributed by atoms with E-state index in [4.69, 9.17) is 15.2 Å². The fourth-order valence-corrected chi connectivity index (χ4v) is 2.22. The molecule has 0 bridgehead atoms. The van der Waals surface area contributed by atoms with Crippen LogP contribution < -0.4 is 15.4 Å². The first kappa shape index (κ1) is 12.0. The van der Waals surface area contributed by atoms with Gasteiger partial charge < -0.3 is 20.1 Å². The van der Waals surface area contributed by atoms with Crippen LogP contribution in [0.3, 0.4) is 0 Å². The van der Waals surface area contributed by atoms with Crippen molar-refractivity contribution in [3.05, 3.63) is 12.1 Å². The zero-order valence-corrected chi connectivity index (χ0v) is 10.5. The van der Waals surface area contributed by atoms with Crippen molar-refractivity contribution in [2.75, 3.05) is 31.4 Å². The number of pyridine rings is 1. The normalized spacial score (nSPS) is 23.7. The first-order chi connectivity index (χ1) is 8.13. The first-order valence-corrected chi connectivity index (χ1v) is 5.78. The highest BCUT2D eigenvalue weighted by Crippen LogP contribution is 2.28. The van der Waals surface area contributed by atoms with E-state index in [1.54, 1.807) is 13.2 Å². The highest BCUT2D eigenvalue weighted by atomic mass is 16.5. The Labute approximate surface area is 102 Å². The number of nitrogens with zero attached hydrogens (tertiary/aromatic N) is 2. The molecule has 0 amide bonds. The highest BCUT2D eigenvalue weighted by Gasteiger charge is 2.29. The molecule has 5 nitrogen and oxygen atoms in total. The fraction of sp³-hybridized carbons (Fsp3) is 0.583. The van der Waals surface area contributed by atoms with E-state index in [1.807, 2.05) is 13.1 Å². The lowest BCUT2D eigenvalue weighted by molar-refractivity contribution is 0.118. The molecule has 1 aliphatic heterocycles. The van der Waals surface area contributed by atoms with Gasteiger partial charge in [0, 0.05) is 19.7 Å². The summed E-state index contributed by atoms with van der Waals surface area (Å²) in [6.45, 7) is 2.87. The molecule has 0 aromatic carbocycles. The van der Waals surface area contributed by atoms with Gasteiger partial charge in [-0.25, -0.2) is 0 Å². The minimum Gasteiger partial charge on any atom is -0.481 e. The minimum absolute atomic E-state index is 0.201. The Morgan fingerprint density at radius 2 is 2.29 bits per heavy atom. The van der Waals surface area contributed by atoms with Gasteiger partial charge in [0.2, 0.25) is 5.88 Å². The fourth-order valence-electron chi connectivity index (χ4n) is 2.22. The van der Waals surface area contributed by atoms with Gasteiger partial charge in [-0.3, -0.25) is 0 Å². The van der Waals surface area contributed by atoms with Crippen LogP contribution in [-0.2, 0) is 4.74 Å². The molecule has 1 saturated heterocycles. The number of nitrogen functional groups attached to an aromatic ring is 1. The van der Waals surface area contributed by atoms with Gasteiger partial charge in [-0.2, -0.15) is 4.98 Å². The highest BCUT2D eigenvalue weighted by molar-refractivity contribution is 5.63. The molecule has 0 saturated carbocycles. The van der Waals surface area contributed by atoms with Crippen LogP contribution in [0.25, 0.3) is 0 Å². The molecule has 2 heterocycles. The second-order valence-corrected chi connectivity index (χ2v) is 4.31. The Hall–Kier alpha value is -1.49. The number of anilines is 2. The lowest BCUT2D eigenvalue weighted by Gasteiger charge is -2.28. The van der Waals surface area contributed by atoms with Crippen molar-refractivity contribution in [3.63, 3.8) is 0 Å². The van der Waals surface area contributed by atoms with Crippen molar-refractivity contribution < 1.29 is 9.47 Å². The SMILES string of the molecule is COc1ccc(N)c(N(C)C2CCOC2C)n1. The molecule has 0 spiro atoms. The number of hydrogen-bond donors (Lipinski definition) is 1. The van der Waals surface area contributed by atoms with Gasteiger partial charge in [-0.05, 0) is 19.4 Å². The van der Waals surface area contributed by atoms with E-state index in [1.165, 1.54) is 0 Å². The van der Waals surface area contributed by atoms with Crippen LogP contribution >= 0.6 is 0 Å². The average molecular weight is 237 g/mol. The molecule has 2 N–H and O–H groups in total. The van der Waals surface area contributed by atoms with E-state index in [2.05, 4.69) is 16.8 Å². The molecule has 1 aromatic heterocycles.